The van der Waals surface area contributed by atoms with E-state index < -0.39 is 5.97 Å². The molecule has 0 aliphatic carbocycles. The summed E-state index contributed by atoms with van der Waals surface area (Å²) in [4.78, 5) is 27.9. The summed E-state index contributed by atoms with van der Waals surface area (Å²) in [6.07, 6.45) is 14.5. The Labute approximate surface area is 148 Å². The predicted octanol–water partition coefficient (Wildman–Crippen LogP) is 5.47. The van der Waals surface area contributed by atoms with E-state index in [4.69, 9.17) is 4.84 Å². The van der Waals surface area contributed by atoms with E-state index in [1.807, 2.05) is 6.92 Å². The molecule has 4 heteroatoms. The number of carbonyl (C=O) groups excluding carboxylic acids is 2. The Morgan fingerprint density at radius 3 is 1.88 bits per heavy atom. The lowest BCUT2D eigenvalue weighted by molar-refractivity contribution is -0.156. The fourth-order valence-corrected chi connectivity index (χ4v) is 2.67. The van der Waals surface area contributed by atoms with Crippen LogP contribution in [0.15, 0.2) is 12.2 Å². The Hall–Kier alpha value is -1.32. The molecule has 0 aliphatic rings. The van der Waals surface area contributed by atoms with Crippen molar-refractivity contribution in [1.82, 2.24) is 5.48 Å². The van der Waals surface area contributed by atoms with Crippen molar-refractivity contribution in [3.63, 3.8) is 0 Å². The van der Waals surface area contributed by atoms with Gasteiger partial charge in [0.05, 0.1) is 0 Å². The van der Waals surface area contributed by atoms with Crippen molar-refractivity contribution >= 4 is 11.9 Å². The topological polar surface area (TPSA) is 55.4 Å². The molecule has 4 nitrogen and oxygen atoms in total. The minimum atomic E-state index is -0.586. The third-order valence-electron chi connectivity index (χ3n) is 4.36. The number of hydrogen-bond acceptors (Lipinski definition) is 3. The fraction of sp³-hybridized carbons (Fsp3) is 0.800. The average Bonchev–Trinajstić information content (AvgIpc) is 2.57. The van der Waals surface area contributed by atoms with Crippen LogP contribution in [0.5, 0.6) is 0 Å². The lowest BCUT2D eigenvalue weighted by atomic mass is 9.97. The zero-order chi connectivity index (χ0) is 18.2. The van der Waals surface area contributed by atoms with E-state index in [1.165, 1.54) is 57.8 Å². The first-order chi connectivity index (χ1) is 11.5. The number of carbonyl (C=O) groups is 2. The largest absolute Gasteiger partial charge is 0.358 e. The highest BCUT2D eigenvalue weighted by atomic mass is 16.7. The van der Waals surface area contributed by atoms with E-state index >= 15 is 0 Å². The first kappa shape index (κ1) is 22.7. The summed E-state index contributed by atoms with van der Waals surface area (Å²) < 4.78 is 0. The van der Waals surface area contributed by atoms with Crippen LogP contribution in [-0.4, -0.2) is 11.9 Å². The van der Waals surface area contributed by atoms with Gasteiger partial charge in [0.15, 0.2) is 0 Å². The molecule has 0 aliphatic heterocycles. The second kappa shape index (κ2) is 15.2. The summed E-state index contributed by atoms with van der Waals surface area (Å²) in [5.41, 5.74) is 2.53. The van der Waals surface area contributed by atoms with Crippen LogP contribution in [0, 0.1) is 5.92 Å². The molecule has 0 bridgehead atoms. The summed E-state index contributed by atoms with van der Waals surface area (Å²) in [6.45, 7) is 9.26. The molecule has 0 aromatic carbocycles. The minimum Gasteiger partial charge on any atom is -0.336 e. The van der Waals surface area contributed by atoms with Crippen molar-refractivity contribution < 1.29 is 14.4 Å². The third-order valence-corrected chi connectivity index (χ3v) is 4.36. The first-order valence-electron chi connectivity index (χ1n) is 9.69. The van der Waals surface area contributed by atoms with Crippen LogP contribution >= 0.6 is 0 Å². The van der Waals surface area contributed by atoms with E-state index in [0.29, 0.717) is 0 Å². The van der Waals surface area contributed by atoms with Crippen LogP contribution in [0.1, 0.15) is 97.8 Å². The summed E-state index contributed by atoms with van der Waals surface area (Å²) in [7, 11) is 0. The summed E-state index contributed by atoms with van der Waals surface area (Å²) in [5.74, 6) is -0.878. The van der Waals surface area contributed by atoms with Crippen LogP contribution < -0.4 is 5.48 Å². The number of rotatable bonds is 14. The summed E-state index contributed by atoms with van der Waals surface area (Å²) >= 11 is 0. The zero-order valence-electron chi connectivity index (χ0n) is 16.0. The van der Waals surface area contributed by atoms with Gasteiger partial charge in [-0.2, -0.15) is 5.48 Å². The maximum absolute atomic E-state index is 12.0. The Morgan fingerprint density at radius 1 is 0.917 bits per heavy atom. The van der Waals surface area contributed by atoms with Crippen LogP contribution in [0.25, 0.3) is 0 Å². The minimum absolute atomic E-state index is 0.0861. The van der Waals surface area contributed by atoms with Gasteiger partial charge in [-0.3, -0.25) is 4.79 Å². The van der Waals surface area contributed by atoms with Gasteiger partial charge < -0.3 is 4.84 Å². The molecule has 0 radical (unpaired) electrons. The summed E-state index contributed by atoms with van der Waals surface area (Å²) in [5, 5.41) is 0. The van der Waals surface area contributed by atoms with E-state index in [1.54, 1.807) is 6.92 Å². The van der Waals surface area contributed by atoms with E-state index in [2.05, 4.69) is 19.0 Å². The van der Waals surface area contributed by atoms with E-state index in [-0.39, 0.29) is 17.4 Å². The monoisotopic (exact) mass is 339 g/mol. The van der Waals surface area contributed by atoms with Crippen LogP contribution in [0.2, 0.25) is 0 Å². The maximum atomic E-state index is 12.0. The molecular weight excluding hydrogens is 302 g/mol. The van der Waals surface area contributed by atoms with Crippen LogP contribution in [-0.2, 0) is 14.4 Å². The van der Waals surface area contributed by atoms with E-state index in [0.717, 1.165) is 19.3 Å². The highest BCUT2D eigenvalue weighted by Crippen LogP contribution is 2.16. The fourth-order valence-electron chi connectivity index (χ4n) is 2.67. The van der Waals surface area contributed by atoms with Gasteiger partial charge in [-0.25, -0.2) is 4.79 Å². The number of amides is 1. The van der Waals surface area contributed by atoms with Crippen molar-refractivity contribution in [3.8, 4) is 0 Å². The quantitative estimate of drug-likeness (QED) is 0.259. The molecule has 1 atom stereocenters. The SMILES string of the molecule is C=C(C)C(=O)ONC(=O)C(CC)CCCCCCCCCCCC. The molecule has 0 aromatic heterocycles. The van der Waals surface area contributed by atoms with Gasteiger partial charge in [0, 0.05) is 11.5 Å². The standard InChI is InChI=1S/C20H37NO3/c1-5-7-8-9-10-11-12-13-14-15-16-18(6-2)19(22)21-24-20(23)17(3)4/h18H,3,5-16H2,1-2,4H3,(H,21,22). The molecule has 1 N–H and O–H groups in total. The molecule has 0 saturated carbocycles. The summed E-state index contributed by atoms with van der Waals surface area (Å²) in [6, 6.07) is 0. The second-order valence-electron chi connectivity index (χ2n) is 6.71. The zero-order valence-corrected chi connectivity index (χ0v) is 16.0. The normalized spacial score (nSPS) is 11.8. The van der Waals surface area contributed by atoms with Gasteiger partial charge in [0.1, 0.15) is 0 Å². The number of unbranched alkanes of at least 4 members (excludes halogenated alkanes) is 9. The second-order valence-corrected chi connectivity index (χ2v) is 6.71. The Kier molecular flexibility index (Phi) is 14.4. The predicted molar refractivity (Wildman–Crippen MR) is 99.3 cm³/mol. The number of nitrogens with one attached hydrogen (secondary N) is 1. The van der Waals surface area contributed by atoms with Gasteiger partial charge >= 0.3 is 5.97 Å². The molecule has 24 heavy (non-hydrogen) atoms. The van der Waals surface area contributed by atoms with Crippen molar-refractivity contribution in [2.75, 3.05) is 0 Å². The molecule has 1 unspecified atom stereocenters. The van der Waals surface area contributed by atoms with Crippen molar-refractivity contribution in [1.29, 1.82) is 0 Å². The number of hydroxylamine groups is 1. The number of hydrogen-bond donors (Lipinski definition) is 1. The average molecular weight is 340 g/mol. The van der Waals surface area contributed by atoms with Gasteiger partial charge in [-0.1, -0.05) is 84.6 Å². The molecule has 0 fully saturated rings. The highest BCUT2D eigenvalue weighted by Gasteiger charge is 2.17. The van der Waals surface area contributed by atoms with Gasteiger partial charge in [-0.15, -0.1) is 0 Å². The van der Waals surface area contributed by atoms with Gasteiger partial charge in [0.2, 0.25) is 0 Å². The molecule has 0 aromatic rings. The molecule has 0 rings (SSSR count). The highest BCUT2D eigenvalue weighted by molar-refractivity contribution is 5.88. The van der Waals surface area contributed by atoms with Crippen LogP contribution in [0.4, 0.5) is 0 Å². The Bertz CT molecular complexity index is 366. The van der Waals surface area contributed by atoms with E-state index in [9.17, 15) is 9.59 Å². The Balaban J connectivity index is 3.66. The molecule has 0 spiro atoms. The lowest BCUT2D eigenvalue weighted by Gasteiger charge is -2.14. The van der Waals surface area contributed by atoms with Gasteiger partial charge in [-0.05, 0) is 19.8 Å². The van der Waals surface area contributed by atoms with Gasteiger partial charge in [0.25, 0.3) is 5.91 Å². The maximum Gasteiger partial charge on any atom is 0.358 e. The molecule has 140 valence electrons. The molecule has 0 saturated heterocycles. The molecule has 0 heterocycles. The Morgan fingerprint density at radius 2 is 1.42 bits per heavy atom. The van der Waals surface area contributed by atoms with Crippen molar-refractivity contribution in [3.05, 3.63) is 12.2 Å². The lowest BCUT2D eigenvalue weighted by Crippen LogP contribution is -2.32. The van der Waals surface area contributed by atoms with Crippen molar-refractivity contribution in [2.24, 2.45) is 5.92 Å². The smallest absolute Gasteiger partial charge is 0.336 e. The van der Waals surface area contributed by atoms with Crippen LogP contribution in [0.3, 0.4) is 0 Å². The third kappa shape index (κ3) is 12.1. The molecule has 1 amide bonds. The first-order valence-corrected chi connectivity index (χ1v) is 9.69. The molecular formula is C20H37NO3. The van der Waals surface area contributed by atoms with Crippen molar-refractivity contribution in [2.45, 2.75) is 97.8 Å².